The van der Waals surface area contributed by atoms with Crippen molar-refractivity contribution in [3.63, 3.8) is 0 Å². The summed E-state index contributed by atoms with van der Waals surface area (Å²) in [4.78, 5) is 16.1. The zero-order chi connectivity index (χ0) is 12.8. The first-order valence-electron chi connectivity index (χ1n) is 5.53. The maximum absolute atomic E-state index is 11.9. The van der Waals surface area contributed by atoms with Gasteiger partial charge in [-0.1, -0.05) is 18.5 Å². The number of aryl methyl sites for hydroxylation is 1. The van der Waals surface area contributed by atoms with Gasteiger partial charge in [-0.3, -0.25) is 4.79 Å². The summed E-state index contributed by atoms with van der Waals surface area (Å²) in [5.74, 6) is 0.802. The molecule has 0 bridgehead atoms. The normalized spacial score (nSPS) is 12.2. The minimum absolute atomic E-state index is 0.0921. The second-order valence-corrected chi connectivity index (χ2v) is 5.15. The van der Waals surface area contributed by atoms with Crippen LogP contribution in [-0.4, -0.2) is 28.9 Å². The molecule has 94 valence electrons. The largest absolute Gasteiger partial charge is 0.349 e. The Hall–Kier alpha value is -0.740. The number of nitrogens with one attached hydrogen (secondary N) is 1. The van der Waals surface area contributed by atoms with Crippen molar-refractivity contribution in [1.29, 1.82) is 0 Å². The summed E-state index contributed by atoms with van der Waals surface area (Å²) in [6.45, 7) is 3.97. The molecule has 1 N–H and O–H groups in total. The molecule has 0 fully saturated rings. The fraction of sp³-hybridized carbons (Fsp3) is 0.500. The van der Waals surface area contributed by atoms with Gasteiger partial charge in [0.15, 0.2) is 0 Å². The quantitative estimate of drug-likeness (QED) is 0.838. The number of nitrogens with zero attached hydrogens (tertiary/aromatic N) is 1. The molecule has 1 rings (SSSR count). The Bertz CT molecular complexity index is 398. The molecule has 5 heteroatoms. The van der Waals surface area contributed by atoms with Crippen LogP contribution in [0.1, 0.15) is 29.9 Å². The molecule has 1 aromatic heterocycles. The molecule has 0 spiro atoms. The van der Waals surface area contributed by atoms with Crippen LogP contribution in [0.4, 0.5) is 0 Å². The Morgan fingerprint density at radius 1 is 1.59 bits per heavy atom. The van der Waals surface area contributed by atoms with Crippen molar-refractivity contribution in [3.8, 4) is 0 Å². The zero-order valence-electron chi connectivity index (χ0n) is 10.3. The van der Waals surface area contributed by atoms with Gasteiger partial charge in [0.05, 0.1) is 0 Å². The lowest BCUT2D eigenvalue weighted by Gasteiger charge is -2.12. The number of hydrogen-bond donors (Lipinski definition) is 1. The standard InChI is InChI=1S/C12H17ClN2OS/c1-4-10-5-9(6-11(13)15-10)12(16)14-8(2)7-17-3/h5-6,8H,4,7H2,1-3H3,(H,14,16). The Morgan fingerprint density at radius 2 is 2.29 bits per heavy atom. The van der Waals surface area contributed by atoms with Gasteiger partial charge in [-0.25, -0.2) is 4.98 Å². The number of carbonyl (C=O) groups is 1. The van der Waals surface area contributed by atoms with E-state index in [-0.39, 0.29) is 11.9 Å². The van der Waals surface area contributed by atoms with Crippen LogP contribution in [0.25, 0.3) is 0 Å². The number of aromatic nitrogens is 1. The van der Waals surface area contributed by atoms with E-state index in [4.69, 9.17) is 11.6 Å². The number of hydrogen-bond acceptors (Lipinski definition) is 3. The molecule has 1 amide bonds. The minimum Gasteiger partial charge on any atom is -0.349 e. The summed E-state index contributed by atoms with van der Waals surface area (Å²) < 4.78 is 0. The summed E-state index contributed by atoms with van der Waals surface area (Å²) in [5, 5.41) is 3.30. The van der Waals surface area contributed by atoms with Crippen molar-refractivity contribution < 1.29 is 4.79 Å². The second-order valence-electron chi connectivity index (χ2n) is 3.85. The molecule has 0 saturated heterocycles. The van der Waals surface area contributed by atoms with Gasteiger partial charge in [0.25, 0.3) is 5.91 Å². The molecule has 1 unspecified atom stereocenters. The van der Waals surface area contributed by atoms with Gasteiger partial charge in [-0.2, -0.15) is 11.8 Å². The molecule has 1 atom stereocenters. The highest BCUT2D eigenvalue weighted by Crippen LogP contribution is 2.12. The van der Waals surface area contributed by atoms with Crippen LogP contribution in [0.2, 0.25) is 5.15 Å². The molecule has 0 aliphatic rings. The van der Waals surface area contributed by atoms with E-state index >= 15 is 0 Å². The molecule has 0 radical (unpaired) electrons. The van der Waals surface area contributed by atoms with Crippen LogP contribution in [-0.2, 0) is 6.42 Å². The van der Waals surface area contributed by atoms with Crippen molar-refractivity contribution in [2.75, 3.05) is 12.0 Å². The molecule has 0 aromatic carbocycles. The Morgan fingerprint density at radius 3 is 2.88 bits per heavy atom. The smallest absolute Gasteiger partial charge is 0.251 e. The predicted octanol–water partition coefficient (Wildman–Crippen LogP) is 2.78. The zero-order valence-corrected chi connectivity index (χ0v) is 11.9. The van der Waals surface area contributed by atoms with Gasteiger partial charge in [0, 0.05) is 23.1 Å². The van der Waals surface area contributed by atoms with Crippen LogP contribution in [0.15, 0.2) is 12.1 Å². The van der Waals surface area contributed by atoms with Crippen molar-refractivity contribution >= 4 is 29.3 Å². The third-order valence-electron chi connectivity index (χ3n) is 2.27. The summed E-state index contributed by atoms with van der Waals surface area (Å²) in [5.41, 5.74) is 1.41. The molecule has 1 aromatic rings. The molecule has 17 heavy (non-hydrogen) atoms. The summed E-state index contributed by atoms with van der Waals surface area (Å²) in [6.07, 6.45) is 2.78. The molecule has 1 heterocycles. The topological polar surface area (TPSA) is 42.0 Å². The van der Waals surface area contributed by atoms with E-state index in [2.05, 4.69) is 10.3 Å². The van der Waals surface area contributed by atoms with Gasteiger partial charge in [0.1, 0.15) is 5.15 Å². The first-order chi connectivity index (χ1) is 8.06. The predicted molar refractivity (Wildman–Crippen MR) is 73.9 cm³/mol. The average Bonchev–Trinajstić information content (AvgIpc) is 2.28. The number of carbonyl (C=O) groups excluding carboxylic acids is 1. The number of pyridine rings is 1. The van der Waals surface area contributed by atoms with Crippen LogP contribution in [0.5, 0.6) is 0 Å². The van der Waals surface area contributed by atoms with Crippen molar-refractivity contribution in [2.24, 2.45) is 0 Å². The summed E-state index contributed by atoms with van der Waals surface area (Å²) >= 11 is 7.58. The van der Waals surface area contributed by atoms with Gasteiger partial charge >= 0.3 is 0 Å². The van der Waals surface area contributed by atoms with E-state index in [0.717, 1.165) is 17.9 Å². The fourth-order valence-corrected chi connectivity index (χ4v) is 2.27. The van der Waals surface area contributed by atoms with Crippen LogP contribution >= 0.6 is 23.4 Å². The molecular formula is C12H17ClN2OS. The van der Waals surface area contributed by atoms with E-state index in [0.29, 0.717) is 10.7 Å². The lowest BCUT2D eigenvalue weighted by Crippen LogP contribution is -2.34. The number of rotatable bonds is 5. The van der Waals surface area contributed by atoms with Gasteiger partial charge < -0.3 is 5.32 Å². The Labute approximate surface area is 111 Å². The van der Waals surface area contributed by atoms with Crippen LogP contribution < -0.4 is 5.32 Å². The highest BCUT2D eigenvalue weighted by molar-refractivity contribution is 7.98. The van der Waals surface area contributed by atoms with Crippen LogP contribution in [0.3, 0.4) is 0 Å². The van der Waals surface area contributed by atoms with Crippen molar-refractivity contribution in [3.05, 3.63) is 28.5 Å². The van der Waals surface area contributed by atoms with Crippen molar-refractivity contribution in [1.82, 2.24) is 10.3 Å². The van der Waals surface area contributed by atoms with E-state index in [9.17, 15) is 4.79 Å². The summed E-state index contributed by atoms with van der Waals surface area (Å²) in [7, 11) is 0. The molecule has 3 nitrogen and oxygen atoms in total. The number of halogens is 1. The van der Waals surface area contributed by atoms with Gasteiger partial charge in [0.2, 0.25) is 0 Å². The Kier molecular flexibility index (Phi) is 5.78. The summed E-state index contributed by atoms with van der Waals surface area (Å²) in [6, 6.07) is 3.53. The lowest BCUT2D eigenvalue weighted by molar-refractivity contribution is 0.0943. The highest BCUT2D eigenvalue weighted by Gasteiger charge is 2.11. The first-order valence-corrected chi connectivity index (χ1v) is 7.30. The number of thioether (sulfide) groups is 1. The molecule has 0 saturated carbocycles. The second kappa shape index (κ2) is 6.87. The van der Waals surface area contributed by atoms with Crippen LogP contribution in [0, 0.1) is 0 Å². The lowest BCUT2D eigenvalue weighted by atomic mass is 10.2. The van der Waals surface area contributed by atoms with Crippen molar-refractivity contribution in [2.45, 2.75) is 26.3 Å². The Balaban J connectivity index is 2.78. The SMILES string of the molecule is CCc1cc(C(=O)NC(C)CSC)cc(Cl)n1. The maximum atomic E-state index is 11.9. The molecule has 0 aliphatic carbocycles. The van der Waals surface area contributed by atoms with E-state index < -0.39 is 0 Å². The molecule has 0 aliphatic heterocycles. The maximum Gasteiger partial charge on any atom is 0.251 e. The van der Waals surface area contributed by atoms with E-state index in [1.807, 2.05) is 20.1 Å². The highest BCUT2D eigenvalue weighted by atomic mass is 35.5. The third kappa shape index (κ3) is 4.56. The minimum atomic E-state index is -0.0921. The number of amides is 1. The molecular weight excluding hydrogens is 256 g/mol. The van der Waals surface area contributed by atoms with Gasteiger partial charge in [-0.05, 0) is 31.7 Å². The third-order valence-corrected chi connectivity index (χ3v) is 3.29. The van der Waals surface area contributed by atoms with E-state index in [1.54, 1.807) is 23.9 Å². The monoisotopic (exact) mass is 272 g/mol. The van der Waals surface area contributed by atoms with E-state index in [1.165, 1.54) is 0 Å². The van der Waals surface area contributed by atoms with Gasteiger partial charge in [-0.15, -0.1) is 0 Å². The first kappa shape index (κ1) is 14.3. The average molecular weight is 273 g/mol. The fourth-order valence-electron chi connectivity index (χ4n) is 1.46.